The van der Waals surface area contributed by atoms with Gasteiger partial charge in [-0.25, -0.2) is 0 Å². The molecule has 50 valence electrons. The molecule has 0 aromatic carbocycles. The first kappa shape index (κ1) is 8.44. The Morgan fingerprint density at radius 3 is 2.33 bits per heavy atom. The molecule has 0 radical (unpaired) electrons. The molecule has 0 aliphatic heterocycles. The molecule has 0 spiro atoms. The highest BCUT2D eigenvalue weighted by molar-refractivity contribution is 6.29. The average Bonchev–Trinajstić information content (AvgIpc) is 1.83. The summed E-state index contributed by atoms with van der Waals surface area (Å²) in [6, 6.07) is 0. The first-order chi connectivity index (χ1) is 4.16. The largest absolute Gasteiger partial charge is 0.252 e. The zero-order valence-electron chi connectivity index (χ0n) is 5.69. The van der Waals surface area contributed by atoms with Crippen LogP contribution in [0.4, 0.5) is 0 Å². The van der Waals surface area contributed by atoms with Crippen molar-refractivity contribution in [2.75, 3.05) is 0 Å². The van der Waals surface area contributed by atoms with Crippen molar-refractivity contribution in [3.63, 3.8) is 0 Å². The van der Waals surface area contributed by atoms with Crippen LogP contribution in [0.5, 0.6) is 0 Å². The van der Waals surface area contributed by atoms with Gasteiger partial charge in [0.15, 0.2) is 0 Å². The smallest absolute Gasteiger partial charge is 0.128 e. The number of aliphatic imine (C=N–C) groups is 1. The van der Waals surface area contributed by atoms with Gasteiger partial charge in [-0.2, -0.15) is 0 Å². The van der Waals surface area contributed by atoms with E-state index in [-0.39, 0.29) is 0 Å². The van der Waals surface area contributed by atoms with E-state index in [1.165, 1.54) is 5.57 Å². The minimum absolute atomic E-state index is 0.427. The van der Waals surface area contributed by atoms with Crippen molar-refractivity contribution in [2.24, 2.45) is 4.99 Å². The molecule has 0 N–H and O–H groups in total. The molecule has 0 bridgehead atoms. The second-order valence-electron chi connectivity index (χ2n) is 1.89. The molecule has 0 aliphatic carbocycles. The van der Waals surface area contributed by atoms with Gasteiger partial charge in [0.05, 0.1) is 0 Å². The van der Waals surface area contributed by atoms with Crippen molar-refractivity contribution in [1.29, 1.82) is 0 Å². The third-order valence-corrected chi connectivity index (χ3v) is 0.951. The van der Waals surface area contributed by atoms with Crippen molar-refractivity contribution in [3.8, 4) is 0 Å². The molecule has 0 unspecified atom stereocenters. The highest BCUT2D eigenvalue weighted by atomic mass is 35.5. The molecule has 0 rings (SSSR count). The summed E-state index contributed by atoms with van der Waals surface area (Å²) >= 11 is 5.50. The van der Waals surface area contributed by atoms with Crippen LogP contribution >= 0.6 is 11.6 Å². The van der Waals surface area contributed by atoms with Crippen LogP contribution in [0, 0.1) is 0 Å². The van der Waals surface area contributed by atoms with E-state index in [0.29, 0.717) is 5.16 Å². The second kappa shape index (κ2) is 4.33. The topological polar surface area (TPSA) is 12.4 Å². The van der Waals surface area contributed by atoms with E-state index in [9.17, 15) is 0 Å². The summed E-state index contributed by atoms with van der Waals surface area (Å²) in [7, 11) is 0. The van der Waals surface area contributed by atoms with Crippen LogP contribution in [0.3, 0.4) is 0 Å². The fourth-order valence-electron chi connectivity index (χ4n) is 0.288. The lowest BCUT2D eigenvalue weighted by Gasteiger charge is -1.83. The molecule has 9 heavy (non-hydrogen) atoms. The summed E-state index contributed by atoms with van der Waals surface area (Å²) in [5, 5.41) is 0.427. The van der Waals surface area contributed by atoms with Crippen LogP contribution in [0.15, 0.2) is 27.9 Å². The van der Waals surface area contributed by atoms with Crippen LogP contribution in [-0.4, -0.2) is 6.72 Å². The van der Waals surface area contributed by atoms with E-state index in [4.69, 9.17) is 11.6 Å². The molecule has 0 amide bonds. The van der Waals surface area contributed by atoms with Crippen molar-refractivity contribution in [2.45, 2.75) is 13.8 Å². The lowest BCUT2D eigenvalue weighted by atomic mass is 10.3. The number of halogens is 1. The first-order valence-electron chi connectivity index (χ1n) is 2.64. The third-order valence-electron chi connectivity index (χ3n) is 0.705. The van der Waals surface area contributed by atoms with E-state index < -0.39 is 0 Å². The molecule has 0 aliphatic rings. The summed E-state index contributed by atoms with van der Waals surface area (Å²) in [6.45, 7) is 7.24. The SMILES string of the molecule is C=NC(Cl)=CC=C(C)C. The minimum atomic E-state index is 0.427. The molecule has 1 nitrogen and oxygen atoms in total. The molecule has 0 saturated heterocycles. The normalized spacial score (nSPS) is 10.8. The molecule has 2 heteroatoms. The lowest BCUT2D eigenvalue weighted by Crippen LogP contribution is -1.62. The van der Waals surface area contributed by atoms with Gasteiger partial charge in [-0.3, -0.25) is 4.99 Å². The summed E-state index contributed by atoms with van der Waals surface area (Å²) < 4.78 is 0. The Kier molecular flexibility index (Phi) is 4.06. The van der Waals surface area contributed by atoms with Crippen LogP contribution in [-0.2, 0) is 0 Å². The molecule has 0 aromatic heterocycles. The maximum Gasteiger partial charge on any atom is 0.128 e. The van der Waals surface area contributed by atoms with Crippen LogP contribution in [0.1, 0.15) is 13.8 Å². The van der Waals surface area contributed by atoms with E-state index >= 15 is 0 Å². The van der Waals surface area contributed by atoms with Gasteiger partial charge in [0, 0.05) is 0 Å². The Labute approximate surface area is 60.7 Å². The summed E-state index contributed by atoms with van der Waals surface area (Å²) in [4.78, 5) is 3.49. The average molecular weight is 144 g/mol. The molecule has 0 aromatic rings. The standard InChI is InChI=1S/C7H10ClN/c1-6(2)4-5-7(8)9-3/h4-5H,3H2,1-2H3. The number of hydrogen-bond acceptors (Lipinski definition) is 1. The number of hydrogen-bond donors (Lipinski definition) is 0. The number of allylic oxidation sites excluding steroid dienone is 3. The maximum absolute atomic E-state index is 5.50. The van der Waals surface area contributed by atoms with E-state index in [0.717, 1.165) is 0 Å². The molecule has 0 atom stereocenters. The van der Waals surface area contributed by atoms with Crippen LogP contribution in [0.25, 0.3) is 0 Å². The number of nitrogens with zero attached hydrogens (tertiary/aromatic N) is 1. The fraction of sp³-hybridized carbons (Fsp3) is 0.286. The predicted octanol–water partition coefficient (Wildman–Crippen LogP) is 2.73. The summed E-state index contributed by atoms with van der Waals surface area (Å²) in [5.74, 6) is 0. The molecular formula is C7H10ClN. The Bertz CT molecular complexity index is 152. The fourth-order valence-corrected chi connectivity index (χ4v) is 0.351. The van der Waals surface area contributed by atoms with Crippen molar-refractivity contribution >= 4 is 18.3 Å². The molecule has 0 saturated carbocycles. The van der Waals surface area contributed by atoms with Gasteiger partial charge >= 0.3 is 0 Å². The second-order valence-corrected chi connectivity index (χ2v) is 2.28. The molecular weight excluding hydrogens is 134 g/mol. The van der Waals surface area contributed by atoms with Crippen molar-refractivity contribution in [3.05, 3.63) is 22.9 Å². The third kappa shape index (κ3) is 5.31. The molecule has 0 heterocycles. The van der Waals surface area contributed by atoms with Gasteiger partial charge in [-0.05, 0) is 26.6 Å². The first-order valence-corrected chi connectivity index (χ1v) is 3.02. The van der Waals surface area contributed by atoms with E-state index in [2.05, 4.69) is 11.7 Å². The zero-order chi connectivity index (χ0) is 7.28. The van der Waals surface area contributed by atoms with Crippen LogP contribution < -0.4 is 0 Å². The van der Waals surface area contributed by atoms with Gasteiger partial charge in [0.1, 0.15) is 5.16 Å². The Hall–Kier alpha value is -0.560. The zero-order valence-corrected chi connectivity index (χ0v) is 6.44. The lowest BCUT2D eigenvalue weighted by molar-refractivity contribution is 1.39. The van der Waals surface area contributed by atoms with E-state index in [1.807, 2.05) is 19.9 Å². The van der Waals surface area contributed by atoms with Gasteiger partial charge < -0.3 is 0 Å². The monoisotopic (exact) mass is 143 g/mol. The van der Waals surface area contributed by atoms with Gasteiger partial charge in [-0.1, -0.05) is 23.3 Å². The van der Waals surface area contributed by atoms with Crippen molar-refractivity contribution in [1.82, 2.24) is 0 Å². The van der Waals surface area contributed by atoms with E-state index in [1.54, 1.807) is 6.08 Å². The Balaban J connectivity index is 3.98. The number of rotatable bonds is 2. The summed E-state index contributed by atoms with van der Waals surface area (Å²) in [6.07, 6.45) is 3.60. The van der Waals surface area contributed by atoms with Crippen LogP contribution in [0.2, 0.25) is 0 Å². The maximum atomic E-state index is 5.50. The Morgan fingerprint density at radius 1 is 1.44 bits per heavy atom. The van der Waals surface area contributed by atoms with Crippen molar-refractivity contribution < 1.29 is 0 Å². The van der Waals surface area contributed by atoms with Gasteiger partial charge in [0.2, 0.25) is 0 Å². The molecule has 0 fully saturated rings. The van der Waals surface area contributed by atoms with Gasteiger partial charge in [0.25, 0.3) is 0 Å². The summed E-state index contributed by atoms with van der Waals surface area (Å²) in [5.41, 5.74) is 1.19. The quantitative estimate of drug-likeness (QED) is 0.320. The minimum Gasteiger partial charge on any atom is -0.252 e. The van der Waals surface area contributed by atoms with Gasteiger partial charge in [-0.15, -0.1) is 0 Å². The predicted molar refractivity (Wildman–Crippen MR) is 42.9 cm³/mol. The highest BCUT2D eigenvalue weighted by Crippen LogP contribution is 2.02. The highest BCUT2D eigenvalue weighted by Gasteiger charge is 1.78. The Morgan fingerprint density at radius 2 is 2.00 bits per heavy atom.